The Labute approximate surface area is 121 Å². The van der Waals surface area contributed by atoms with E-state index in [4.69, 9.17) is 0 Å². The number of piperidine rings is 1. The van der Waals surface area contributed by atoms with Crippen molar-refractivity contribution in [2.45, 2.75) is 50.7 Å². The number of carbonyl (C=O) groups excluding carboxylic acids is 1. The molecule has 0 spiro atoms. The zero-order valence-corrected chi connectivity index (χ0v) is 13.1. The lowest BCUT2D eigenvalue weighted by atomic mass is 9.97. The molecule has 3 unspecified atom stereocenters. The Kier molecular flexibility index (Phi) is 6.28. The maximum atomic E-state index is 12.3. The molecule has 0 aromatic carbocycles. The van der Waals surface area contributed by atoms with Gasteiger partial charge in [0.05, 0.1) is 0 Å². The Morgan fingerprint density at radius 1 is 1.39 bits per heavy atom. The van der Waals surface area contributed by atoms with E-state index in [0.29, 0.717) is 24.0 Å². The van der Waals surface area contributed by atoms with Gasteiger partial charge in [-0.3, -0.25) is 4.79 Å². The van der Waals surface area contributed by atoms with E-state index < -0.39 is 0 Å². The number of nitrogens with one attached hydrogen (secondary N) is 1. The predicted octanol–water partition coefficient (Wildman–Crippen LogP) is 2.15. The summed E-state index contributed by atoms with van der Waals surface area (Å²) in [5.74, 6) is 1.41. The fourth-order valence-corrected chi connectivity index (χ4v) is 3.83. The summed E-state index contributed by atoms with van der Waals surface area (Å²) in [6, 6.07) is 1.78. The molecule has 1 N–H and O–H groups in total. The van der Waals surface area contributed by atoms with Gasteiger partial charge in [0.25, 0.3) is 0 Å². The molecule has 3 atom stereocenters. The van der Waals surface area contributed by atoms with Crippen molar-refractivity contribution in [1.29, 1.82) is 0 Å². The molecule has 0 radical (unpaired) electrons. The van der Waals surface area contributed by atoms with Crippen LogP contribution < -0.4 is 5.32 Å². The number of hydrogen-bond acceptors (Lipinski definition) is 3. The number of rotatable bonds is 4. The Hall–Kier alpha value is 0.0700. The maximum Gasteiger partial charge on any atom is 0.226 e. The minimum absolute atomic E-state index is 0. The third-order valence-corrected chi connectivity index (χ3v) is 5.02. The normalized spacial score (nSPS) is 31.6. The second-order valence-electron chi connectivity index (χ2n) is 5.57. The van der Waals surface area contributed by atoms with Crippen LogP contribution in [0.15, 0.2) is 0 Å². The monoisotopic (exact) mass is 292 g/mol. The predicted molar refractivity (Wildman–Crippen MR) is 80.5 cm³/mol. The van der Waals surface area contributed by atoms with Crippen LogP contribution in [0.4, 0.5) is 0 Å². The van der Waals surface area contributed by atoms with Crippen molar-refractivity contribution in [2.75, 3.05) is 19.1 Å². The molecule has 3 nitrogen and oxygen atoms in total. The number of nitrogens with zero attached hydrogens (tertiary/aromatic N) is 1. The Bertz CT molecular complexity index is 278. The lowest BCUT2D eigenvalue weighted by molar-refractivity contribution is -0.135. The number of fused-ring (bicyclic) bond motifs is 2. The highest BCUT2D eigenvalue weighted by molar-refractivity contribution is 7.98. The quantitative estimate of drug-likeness (QED) is 0.862. The van der Waals surface area contributed by atoms with Crippen molar-refractivity contribution in [1.82, 2.24) is 10.2 Å². The smallest absolute Gasteiger partial charge is 0.226 e. The first-order chi connectivity index (χ1) is 8.11. The maximum absolute atomic E-state index is 12.3. The van der Waals surface area contributed by atoms with Gasteiger partial charge in [-0.2, -0.15) is 11.8 Å². The van der Waals surface area contributed by atoms with Gasteiger partial charge in [-0.25, -0.2) is 0 Å². The van der Waals surface area contributed by atoms with E-state index in [1.54, 1.807) is 11.8 Å². The van der Waals surface area contributed by atoms with Crippen LogP contribution in [0.2, 0.25) is 0 Å². The standard InChI is InChI=1S/C13H24N2OS.ClH/c1-9(8-17-3)13(16)15(2)12-6-10-4-5-11(7-12)14-10;/h9-12,14H,4-8H2,1-3H3;1H. The summed E-state index contributed by atoms with van der Waals surface area (Å²) in [7, 11) is 1.99. The molecule has 0 aliphatic carbocycles. The van der Waals surface area contributed by atoms with Crippen LogP contribution in [0.25, 0.3) is 0 Å². The molecule has 2 bridgehead atoms. The molecule has 18 heavy (non-hydrogen) atoms. The molecule has 2 saturated heterocycles. The number of amides is 1. The first-order valence-corrected chi connectivity index (χ1v) is 8.03. The molecule has 5 heteroatoms. The molecular weight excluding hydrogens is 268 g/mol. The molecule has 2 fully saturated rings. The first kappa shape index (κ1) is 16.1. The zero-order chi connectivity index (χ0) is 12.4. The summed E-state index contributed by atoms with van der Waals surface area (Å²) in [6.07, 6.45) is 6.94. The van der Waals surface area contributed by atoms with Crippen molar-refractivity contribution in [3.63, 3.8) is 0 Å². The highest BCUT2D eigenvalue weighted by Crippen LogP contribution is 2.29. The minimum Gasteiger partial charge on any atom is -0.342 e. The fraction of sp³-hybridized carbons (Fsp3) is 0.923. The Morgan fingerprint density at radius 2 is 1.94 bits per heavy atom. The number of carbonyl (C=O) groups is 1. The van der Waals surface area contributed by atoms with E-state index in [9.17, 15) is 4.79 Å². The minimum atomic E-state index is 0. The van der Waals surface area contributed by atoms with Crippen LogP contribution in [0.5, 0.6) is 0 Å². The molecule has 2 aliphatic rings. The fourth-order valence-electron chi connectivity index (χ4n) is 3.19. The molecule has 106 valence electrons. The van der Waals surface area contributed by atoms with E-state index in [-0.39, 0.29) is 18.3 Å². The molecule has 2 aliphatic heterocycles. The molecule has 0 aromatic rings. The van der Waals surface area contributed by atoms with Crippen molar-refractivity contribution in [3.8, 4) is 0 Å². The van der Waals surface area contributed by atoms with Crippen LogP contribution in [0, 0.1) is 5.92 Å². The second kappa shape index (κ2) is 7.01. The zero-order valence-electron chi connectivity index (χ0n) is 11.5. The average Bonchev–Trinajstić information content (AvgIpc) is 2.66. The van der Waals surface area contributed by atoms with Crippen LogP contribution in [0.3, 0.4) is 0 Å². The summed E-state index contributed by atoms with van der Waals surface area (Å²) in [6.45, 7) is 2.05. The lowest BCUT2D eigenvalue weighted by Crippen LogP contribution is -2.50. The van der Waals surface area contributed by atoms with Gasteiger partial charge in [0.15, 0.2) is 0 Å². The van der Waals surface area contributed by atoms with Gasteiger partial charge in [-0.05, 0) is 31.9 Å². The van der Waals surface area contributed by atoms with E-state index in [1.165, 1.54) is 12.8 Å². The largest absolute Gasteiger partial charge is 0.342 e. The van der Waals surface area contributed by atoms with Gasteiger partial charge in [-0.1, -0.05) is 6.92 Å². The van der Waals surface area contributed by atoms with Gasteiger partial charge in [-0.15, -0.1) is 12.4 Å². The molecule has 2 heterocycles. The molecule has 1 amide bonds. The summed E-state index contributed by atoms with van der Waals surface area (Å²) in [5.41, 5.74) is 0. The summed E-state index contributed by atoms with van der Waals surface area (Å²) >= 11 is 1.76. The number of hydrogen-bond donors (Lipinski definition) is 1. The molecule has 0 saturated carbocycles. The van der Waals surface area contributed by atoms with E-state index in [1.807, 2.05) is 18.9 Å². The highest BCUT2D eigenvalue weighted by atomic mass is 35.5. The van der Waals surface area contributed by atoms with Crippen LogP contribution in [0.1, 0.15) is 32.6 Å². The molecule has 2 rings (SSSR count). The lowest BCUT2D eigenvalue weighted by Gasteiger charge is -2.36. The third-order valence-electron chi connectivity index (χ3n) is 4.18. The van der Waals surface area contributed by atoms with Crippen molar-refractivity contribution in [2.24, 2.45) is 5.92 Å². The number of halogens is 1. The summed E-state index contributed by atoms with van der Waals surface area (Å²) in [4.78, 5) is 14.3. The molecular formula is C13H25ClN2OS. The van der Waals surface area contributed by atoms with Gasteiger partial charge >= 0.3 is 0 Å². The Balaban J connectivity index is 0.00000162. The SMILES string of the molecule is CSCC(C)C(=O)N(C)C1CC2CCC(C1)N2.Cl. The third kappa shape index (κ3) is 3.55. The van der Waals surface area contributed by atoms with E-state index in [0.717, 1.165) is 18.6 Å². The van der Waals surface area contributed by atoms with E-state index >= 15 is 0 Å². The van der Waals surface area contributed by atoms with Crippen LogP contribution >= 0.6 is 24.2 Å². The van der Waals surface area contributed by atoms with Crippen molar-refractivity contribution in [3.05, 3.63) is 0 Å². The summed E-state index contributed by atoms with van der Waals surface area (Å²) in [5, 5.41) is 3.63. The van der Waals surface area contributed by atoms with Gasteiger partial charge in [0.2, 0.25) is 5.91 Å². The van der Waals surface area contributed by atoms with Gasteiger partial charge in [0, 0.05) is 36.8 Å². The van der Waals surface area contributed by atoms with E-state index in [2.05, 4.69) is 11.6 Å². The number of thioether (sulfide) groups is 1. The van der Waals surface area contributed by atoms with Crippen LogP contribution in [-0.4, -0.2) is 48.0 Å². The average molecular weight is 293 g/mol. The second-order valence-corrected chi connectivity index (χ2v) is 6.48. The highest BCUT2D eigenvalue weighted by Gasteiger charge is 2.36. The first-order valence-electron chi connectivity index (χ1n) is 6.63. The van der Waals surface area contributed by atoms with Crippen molar-refractivity contribution < 1.29 is 4.79 Å². The van der Waals surface area contributed by atoms with Crippen molar-refractivity contribution >= 4 is 30.1 Å². The summed E-state index contributed by atoms with van der Waals surface area (Å²) < 4.78 is 0. The Morgan fingerprint density at radius 3 is 2.44 bits per heavy atom. The topological polar surface area (TPSA) is 32.3 Å². The van der Waals surface area contributed by atoms with Crippen LogP contribution in [-0.2, 0) is 4.79 Å². The molecule has 0 aromatic heterocycles. The van der Waals surface area contributed by atoms with Gasteiger partial charge < -0.3 is 10.2 Å². The van der Waals surface area contributed by atoms with Gasteiger partial charge in [0.1, 0.15) is 0 Å².